The molecule has 0 spiro atoms. The number of aromatic nitrogens is 2. The van der Waals surface area contributed by atoms with Gasteiger partial charge in [0.25, 0.3) is 0 Å². The molecule has 1 aliphatic rings. The number of thioether (sulfide) groups is 2. The first kappa shape index (κ1) is 17.5. The van der Waals surface area contributed by atoms with Crippen molar-refractivity contribution in [2.75, 3.05) is 18.1 Å². The lowest BCUT2D eigenvalue weighted by Crippen LogP contribution is -2.46. The SMILES string of the molecule is CCCNC(Cc1c(C)nn(C)c1Cl)C1SCCSC1C. The Bertz CT molecular complexity index is 464. The van der Waals surface area contributed by atoms with Gasteiger partial charge in [0.1, 0.15) is 5.15 Å². The highest BCUT2D eigenvalue weighted by atomic mass is 35.5. The number of nitrogens with zero attached hydrogens (tertiary/aromatic N) is 2. The molecule has 1 N–H and O–H groups in total. The molecular formula is C15H26ClN3S2. The maximum Gasteiger partial charge on any atom is 0.130 e. The van der Waals surface area contributed by atoms with Crippen molar-refractivity contribution in [2.45, 2.75) is 50.2 Å². The Morgan fingerprint density at radius 2 is 2.14 bits per heavy atom. The van der Waals surface area contributed by atoms with E-state index in [-0.39, 0.29) is 0 Å². The van der Waals surface area contributed by atoms with E-state index in [0.717, 1.165) is 30.2 Å². The summed E-state index contributed by atoms with van der Waals surface area (Å²) in [5, 5.41) is 10.3. The Labute approximate surface area is 142 Å². The third-order valence-corrected chi connectivity index (χ3v) is 7.71. The Morgan fingerprint density at radius 1 is 1.43 bits per heavy atom. The highest BCUT2D eigenvalue weighted by molar-refractivity contribution is 8.07. The summed E-state index contributed by atoms with van der Waals surface area (Å²) in [6.45, 7) is 7.71. The van der Waals surface area contributed by atoms with Crippen molar-refractivity contribution in [3.05, 3.63) is 16.4 Å². The van der Waals surface area contributed by atoms with Gasteiger partial charge in [0.2, 0.25) is 0 Å². The quantitative estimate of drug-likeness (QED) is 0.852. The topological polar surface area (TPSA) is 29.9 Å². The van der Waals surface area contributed by atoms with Gasteiger partial charge in [0.15, 0.2) is 0 Å². The van der Waals surface area contributed by atoms with Crippen LogP contribution < -0.4 is 5.32 Å². The summed E-state index contributed by atoms with van der Waals surface area (Å²) in [6.07, 6.45) is 2.14. The molecule has 2 rings (SSSR count). The summed E-state index contributed by atoms with van der Waals surface area (Å²) in [4.78, 5) is 0. The fraction of sp³-hybridized carbons (Fsp3) is 0.800. The zero-order valence-electron chi connectivity index (χ0n) is 13.4. The van der Waals surface area contributed by atoms with Crippen LogP contribution >= 0.6 is 35.1 Å². The van der Waals surface area contributed by atoms with Crippen molar-refractivity contribution in [3.8, 4) is 0 Å². The van der Waals surface area contributed by atoms with Crippen molar-refractivity contribution >= 4 is 35.1 Å². The van der Waals surface area contributed by atoms with Crippen molar-refractivity contribution in [1.82, 2.24) is 15.1 Å². The molecule has 0 amide bonds. The smallest absolute Gasteiger partial charge is 0.130 e. The van der Waals surface area contributed by atoms with Crippen LogP contribution in [0.15, 0.2) is 0 Å². The van der Waals surface area contributed by atoms with Gasteiger partial charge in [-0.15, -0.1) is 0 Å². The van der Waals surface area contributed by atoms with Gasteiger partial charge in [0, 0.05) is 40.7 Å². The predicted octanol–water partition coefficient (Wildman–Crippen LogP) is 3.53. The number of halogens is 1. The second-order valence-electron chi connectivity index (χ2n) is 5.65. The maximum atomic E-state index is 6.43. The van der Waals surface area contributed by atoms with Crippen LogP contribution in [0.5, 0.6) is 0 Å². The highest BCUT2D eigenvalue weighted by Crippen LogP contribution is 2.35. The summed E-state index contributed by atoms with van der Waals surface area (Å²) < 4.78 is 1.79. The lowest BCUT2D eigenvalue weighted by Gasteiger charge is -2.35. The van der Waals surface area contributed by atoms with E-state index in [4.69, 9.17) is 11.6 Å². The van der Waals surface area contributed by atoms with Gasteiger partial charge >= 0.3 is 0 Å². The molecule has 21 heavy (non-hydrogen) atoms. The molecule has 0 radical (unpaired) electrons. The predicted molar refractivity (Wildman–Crippen MR) is 96.9 cm³/mol. The molecule has 3 atom stereocenters. The first-order valence-electron chi connectivity index (χ1n) is 7.69. The van der Waals surface area contributed by atoms with Crippen molar-refractivity contribution in [1.29, 1.82) is 0 Å². The molecule has 2 heterocycles. The number of hydrogen-bond donors (Lipinski definition) is 1. The Balaban J connectivity index is 2.15. The van der Waals surface area contributed by atoms with Crippen LogP contribution in [0.4, 0.5) is 0 Å². The van der Waals surface area contributed by atoms with Gasteiger partial charge in [-0.3, -0.25) is 4.68 Å². The summed E-state index contributed by atoms with van der Waals surface area (Å²) >= 11 is 10.6. The molecule has 0 aliphatic carbocycles. The summed E-state index contributed by atoms with van der Waals surface area (Å²) in [7, 11) is 1.92. The second-order valence-corrected chi connectivity index (χ2v) is 8.78. The van der Waals surface area contributed by atoms with Gasteiger partial charge in [-0.25, -0.2) is 0 Å². The lowest BCUT2D eigenvalue weighted by molar-refractivity contribution is 0.486. The number of rotatable bonds is 6. The molecule has 120 valence electrons. The van der Waals surface area contributed by atoms with Crippen LogP contribution in [0.25, 0.3) is 0 Å². The van der Waals surface area contributed by atoms with Crippen molar-refractivity contribution in [3.63, 3.8) is 0 Å². The summed E-state index contributed by atoms with van der Waals surface area (Å²) in [5.74, 6) is 2.53. The van der Waals surface area contributed by atoms with Gasteiger partial charge in [-0.1, -0.05) is 25.4 Å². The molecule has 6 heteroatoms. The van der Waals surface area contributed by atoms with E-state index in [9.17, 15) is 0 Å². The number of nitrogens with one attached hydrogen (secondary N) is 1. The average Bonchev–Trinajstić information content (AvgIpc) is 2.70. The molecule has 1 aromatic rings. The molecule has 1 fully saturated rings. The first-order chi connectivity index (χ1) is 10.0. The summed E-state index contributed by atoms with van der Waals surface area (Å²) in [5.41, 5.74) is 2.27. The van der Waals surface area contributed by atoms with Crippen LogP contribution in [0, 0.1) is 6.92 Å². The standard InChI is InChI=1S/C15H26ClN3S2/c1-5-6-17-13(14-11(3)20-7-8-21-14)9-12-10(2)18-19(4)15(12)16/h11,13-14,17H,5-9H2,1-4H3. The third-order valence-electron chi connectivity index (χ3n) is 3.98. The van der Waals surface area contributed by atoms with Crippen LogP contribution in [-0.4, -0.2) is 44.4 Å². The van der Waals surface area contributed by atoms with Gasteiger partial charge in [-0.2, -0.15) is 28.6 Å². The van der Waals surface area contributed by atoms with Crippen molar-refractivity contribution in [2.24, 2.45) is 7.05 Å². The van der Waals surface area contributed by atoms with E-state index < -0.39 is 0 Å². The number of aryl methyl sites for hydroxylation is 2. The molecule has 0 saturated carbocycles. The second kappa shape index (κ2) is 8.14. The summed E-state index contributed by atoms with van der Waals surface area (Å²) in [6, 6.07) is 0.471. The fourth-order valence-corrected chi connectivity index (χ4v) is 6.06. The zero-order valence-corrected chi connectivity index (χ0v) is 15.7. The minimum Gasteiger partial charge on any atom is -0.313 e. The van der Waals surface area contributed by atoms with E-state index in [2.05, 4.69) is 54.7 Å². The molecule has 1 aliphatic heterocycles. The molecule has 3 nitrogen and oxygen atoms in total. The molecular weight excluding hydrogens is 322 g/mol. The van der Waals surface area contributed by atoms with Crippen LogP contribution in [0.3, 0.4) is 0 Å². The average molecular weight is 348 g/mol. The zero-order chi connectivity index (χ0) is 15.4. The molecule has 1 aromatic heterocycles. The molecule has 0 bridgehead atoms. The first-order valence-corrected chi connectivity index (χ1v) is 10.2. The fourth-order valence-electron chi connectivity index (χ4n) is 2.85. The molecule has 0 aromatic carbocycles. The van der Waals surface area contributed by atoms with E-state index in [1.165, 1.54) is 17.1 Å². The monoisotopic (exact) mass is 347 g/mol. The van der Waals surface area contributed by atoms with Gasteiger partial charge < -0.3 is 5.32 Å². The normalized spacial score (nSPS) is 24.2. The van der Waals surface area contributed by atoms with Crippen LogP contribution in [-0.2, 0) is 13.5 Å². The largest absolute Gasteiger partial charge is 0.313 e. The molecule has 3 unspecified atom stereocenters. The van der Waals surface area contributed by atoms with Gasteiger partial charge in [0.05, 0.1) is 5.69 Å². The van der Waals surface area contributed by atoms with Crippen molar-refractivity contribution < 1.29 is 0 Å². The van der Waals surface area contributed by atoms with E-state index in [1.54, 1.807) is 4.68 Å². The maximum absolute atomic E-state index is 6.43. The van der Waals surface area contributed by atoms with Crippen LogP contribution in [0.1, 0.15) is 31.5 Å². The minimum absolute atomic E-state index is 0.471. The Hall–Kier alpha value is 0.160. The highest BCUT2D eigenvalue weighted by Gasteiger charge is 2.31. The third kappa shape index (κ3) is 4.34. The van der Waals surface area contributed by atoms with Crippen LogP contribution in [0.2, 0.25) is 5.15 Å². The molecule has 1 saturated heterocycles. The lowest BCUT2D eigenvalue weighted by atomic mass is 10.0. The van der Waals surface area contributed by atoms with E-state index in [1.807, 2.05) is 7.05 Å². The van der Waals surface area contributed by atoms with E-state index >= 15 is 0 Å². The Morgan fingerprint density at radius 3 is 2.71 bits per heavy atom. The van der Waals surface area contributed by atoms with Gasteiger partial charge in [-0.05, 0) is 26.3 Å². The van der Waals surface area contributed by atoms with E-state index in [0.29, 0.717) is 16.5 Å². The number of hydrogen-bond acceptors (Lipinski definition) is 4. The Kier molecular flexibility index (Phi) is 6.79. The minimum atomic E-state index is 0.471.